The van der Waals surface area contributed by atoms with Gasteiger partial charge in [0.05, 0.1) is 4.90 Å². The summed E-state index contributed by atoms with van der Waals surface area (Å²) in [6.07, 6.45) is 0.285. The Hall–Kier alpha value is -3.03. The highest BCUT2D eigenvalue weighted by molar-refractivity contribution is 7.89. The van der Waals surface area contributed by atoms with E-state index >= 15 is 0 Å². The third kappa shape index (κ3) is 5.73. The Bertz CT molecular complexity index is 1110. The maximum absolute atomic E-state index is 12.4. The van der Waals surface area contributed by atoms with Crippen LogP contribution >= 0.6 is 0 Å². The van der Waals surface area contributed by atoms with Gasteiger partial charge in [-0.3, -0.25) is 9.59 Å². The molecule has 1 N–H and O–H groups in total. The van der Waals surface area contributed by atoms with E-state index in [0.29, 0.717) is 5.56 Å². The number of hydrogen-bond acceptors (Lipinski definition) is 5. The Kier molecular flexibility index (Phi) is 6.74. The summed E-state index contributed by atoms with van der Waals surface area (Å²) in [6, 6.07) is 21.0. The molecule has 0 bridgehead atoms. The minimum Gasteiger partial charge on any atom is -0.457 e. The van der Waals surface area contributed by atoms with Crippen LogP contribution in [0, 0.1) is 0 Å². The minimum absolute atomic E-state index is 0.0162. The molecule has 0 saturated heterocycles. The zero-order valence-corrected chi connectivity index (χ0v) is 16.5. The van der Waals surface area contributed by atoms with Gasteiger partial charge >= 0.3 is 5.97 Å². The van der Waals surface area contributed by atoms with E-state index < -0.39 is 16.0 Å². The fourth-order valence-corrected chi connectivity index (χ4v) is 3.89. The maximum atomic E-state index is 12.4. The Morgan fingerprint density at radius 2 is 1.55 bits per heavy atom. The number of rotatable bonds is 9. The number of ether oxygens (including phenoxy) is 1. The van der Waals surface area contributed by atoms with Gasteiger partial charge in [-0.2, -0.15) is 0 Å². The second-order valence-electron chi connectivity index (χ2n) is 6.46. The summed E-state index contributed by atoms with van der Waals surface area (Å²) in [7, 11) is -3.67. The number of sulfonamides is 1. The summed E-state index contributed by atoms with van der Waals surface area (Å²) >= 11 is 0. The van der Waals surface area contributed by atoms with Crippen molar-refractivity contribution in [1.82, 2.24) is 4.72 Å². The lowest BCUT2D eigenvalue weighted by Crippen LogP contribution is -2.25. The average Bonchev–Trinajstić information content (AvgIpc) is 2.75. The van der Waals surface area contributed by atoms with Crippen molar-refractivity contribution >= 4 is 32.5 Å². The maximum Gasteiger partial charge on any atom is 0.306 e. The number of ketones is 1. The highest BCUT2D eigenvalue weighted by Gasteiger charge is 2.15. The summed E-state index contributed by atoms with van der Waals surface area (Å²) in [5.74, 6) is -0.824. The Morgan fingerprint density at radius 3 is 2.31 bits per heavy atom. The number of nitrogens with one attached hydrogen (secondary N) is 1. The molecule has 7 heteroatoms. The van der Waals surface area contributed by atoms with E-state index in [1.54, 1.807) is 48.5 Å². The van der Waals surface area contributed by atoms with E-state index in [-0.39, 0.29) is 36.7 Å². The molecule has 0 saturated carbocycles. The number of esters is 1. The van der Waals surface area contributed by atoms with Crippen molar-refractivity contribution in [1.29, 1.82) is 0 Å². The van der Waals surface area contributed by atoms with Gasteiger partial charge in [-0.25, -0.2) is 13.1 Å². The predicted octanol–water partition coefficient (Wildman–Crippen LogP) is 3.32. The van der Waals surface area contributed by atoms with Gasteiger partial charge in [0.25, 0.3) is 0 Å². The number of hydrogen-bond donors (Lipinski definition) is 1. The molecule has 0 radical (unpaired) electrons. The SMILES string of the molecule is O=C(CCCNS(=O)(=O)c1ccc2ccccc2c1)OCC(=O)c1ccccc1. The van der Waals surface area contributed by atoms with E-state index in [2.05, 4.69) is 4.72 Å². The van der Waals surface area contributed by atoms with Crippen molar-refractivity contribution in [2.75, 3.05) is 13.2 Å². The molecule has 0 fully saturated rings. The zero-order chi connectivity index (χ0) is 20.7. The molecule has 3 aromatic rings. The first-order valence-corrected chi connectivity index (χ1v) is 10.7. The molecule has 0 unspecified atom stereocenters. The Balaban J connectivity index is 1.44. The van der Waals surface area contributed by atoms with Gasteiger partial charge < -0.3 is 4.74 Å². The van der Waals surface area contributed by atoms with E-state index in [4.69, 9.17) is 4.74 Å². The Morgan fingerprint density at radius 1 is 0.862 bits per heavy atom. The Labute approximate surface area is 169 Å². The minimum atomic E-state index is -3.67. The molecule has 0 amide bonds. The van der Waals surface area contributed by atoms with Crippen LogP contribution < -0.4 is 4.72 Å². The third-order valence-electron chi connectivity index (χ3n) is 4.34. The molecule has 3 aromatic carbocycles. The molecule has 0 aromatic heterocycles. The quantitative estimate of drug-likeness (QED) is 0.331. The van der Waals surface area contributed by atoms with Crippen LogP contribution in [0.1, 0.15) is 23.2 Å². The molecule has 0 aliphatic rings. The standard InChI is InChI=1S/C22H21NO5S/c24-21(18-8-2-1-3-9-18)16-28-22(25)11-6-14-23-29(26,27)20-13-12-17-7-4-5-10-19(17)15-20/h1-5,7-10,12-13,15,23H,6,11,14,16H2. The van der Waals surface area contributed by atoms with E-state index in [9.17, 15) is 18.0 Å². The first-order chi connectivity index (χ1) is 14.0. The van der Waals surface area contributed by atoms with Crippen LogP contribution in [0.3, 0.4) is 0 Å². The molecule has 6 nitrogen and oxygen atoms in total. The molecule has 150 valence electrons. The normalized spacial score (nSPS) is 11.3. The molecule has 0 atom stereocenters. The van der Waals surface area contributed by atoms with Crippen molar-refractivity contribution in [3.63, 3.8) is 0 Å². The molecular formula is C22H21NO5S. The summed E-state index contributed by atoms with van der Waals surface area (Å²) in [5, 5.41) is 1.79. The van der Waals surface area contributed by atoms with Crippen LogP contribution in [0.15, 0.2) is 77.7 Å². The number of fused-ring (bicyclic) bond motifs is 1. The molecule has 0 heterocycles. The monoisotopic (exact) mass is 411 g/mol. The van der Waals surface area contributed by atoms with Crippen LogP contribution in [0.25, 0.3) is 10.8 Å². The largest absolute Gasteiger partial charge is 0.457 e. The van der Waals surface area contributed by atoms with E-state index in [0.717, 1.165) is 10.8 Å². The van der Waals surface area contributed by atoms with Crippen molar-refractivity contribution in [3.8, 4) is 0 Å². The van der Waals surface area contributed by atoms with E-state index in [1.807, 2.05) is 24.3 Å². The lowest BCUT2D eigenvalue weighted by molar-refractivity contribution is -0.142. The van der Waals surface area contributed by atoms with Gasteiger partial charge in [0.1, 0.15) is 0 Å². The fraction of sp³-hybridized carbons (Fsp3) is 0.182. The van der Waals surface area contributed by atoms with Crippen LogP contribution in [0.4, 0.5) is 0 Å². The van der Waals surface area contributed by atoms with Crippen LogP contribution in [-0.2, 0) is 19.6 Å². The van der Waals surface area contributed by atoms with Crippen LogP contribution in [-0.4, -0.2) is 33.3 Å². The molecule has 3 rings (SSSR count). The highest BCUT2D eigenvalue weighted by Crippen LogP contribution is 2.18. The first-order valence-electron chi connectivity index (χ1n) is 9.18. The second-order valence-corrected chi connectivity index (χ2v) is 8.23. The molecule has 29 heavy (non-hydrogen) atoms. The van der Waals surface area contributed by atoms with Gasteiger partial charge in [-0.05, 0) is 29.3 Å². The van der Waals surface area contributed by atoms with Crippen LogP contribution in [0.5, 0.6) is 0 Å². The molecule has 0 aliphatic heterocycles. The average molecular weight is 411 g/mol. The number of Topliss-reactive ketones (excluding diaryl/α,β-unsaturated/α-hetero) is 1. The smallest absolute Gasteiger partial charge is 0.306 e. The second kappa shape index (κ2) is 9.45. The fourth-order valence-electron chi connectivity index (χ4n) is 2.78. The lowest BCUT2D eigenvalue weighted by Gasteiger charge is -2.08. The number of carbonyl (C=O) groups excluding carboxylic acids is 2. The first kappa shape index (κ1) is 20.7. The van der Waals surface area contributed by atoms with Crippen molar-refractivity contribution in [2.45, 2.75) is 17.7 Å². The third-order valence-corrected chi connectivity index (χ3v) is 5.80. The topological polar surface area (TPSA) is 89.5 Å². The number of carbonyl (C=O) groups is 2. The van der Waals surface area contributed by atoms with Gasteiger partial charge in [0.2, 0.25) is 10.0 Å². The van der Waals surface area contributed by atoms with Crippen LogP contribution in [0.2, 0.25) is 0 Å². The predicted molar refractivity (Wildman–Crippen MR) is 110 cm³/mol. The molecule has 0 spiro atoms. The molecule has 0 aliphatic carbocycles. The van der Waals surface area contributed by atoms with Gasteiger partial charge in [0, 0.05) is 18.5 Å². The van der Waals surface area contributed by atoms with Gasteiger partial charge in [0.15, 0.2) is 12.4 Å². The van der Waals surface area contributed by atoms with Gasteiger partial charge in [-0.1, -0.05) is 60.7 Å². The summed E-state index contributed by atoms with van der Waals surface area (Å²) in [4.78, 5) is 23.8. The summed E-state index contributed by atoms with van der Waals surface area (Å²) < 4.78 is 32.3. The molecular weight excluding hydrogens is 390 g/mol. The number of benzene rings is 3. The van der Waals surface area contributed by atoms with Crippen molar-refractivity contribution in [2.24, 2.45) is 0 Å². The summed E-state index contributed by atoms with van der Waals surface area (Å²) in [5.41, 5.74) is 0.475. The zero-order valence-electron chi connectivity index (χ0n) is 15.7. The van der Waals surface area contributed by atoms with E-state index in [1.165, 1.54) is 0 Å². The van der Waals surface area contributed by atoms with Crippen molar-refractivity contribution in [3.05, 3.63) is 78.4 Å². The summed E-state index contributed by atoms with van der Waals surface area (Å²) in [6.45, 7) is -0.234. The van der Waals surface area contributed by atoms with Gasteiger partial charge in [-0.15, -0.1) is 0 Å². The highest BCUT2D eigenvalue weighted by atomic mass is 32.2. The lowest BCUT2D eigenvalue weighted by atomic mass is 10.1. The van der Waals surface area contributed by atoms with Crippen molar-refractivity contribution < 1.29 is 22.7 Å².